The molecule has 0 amide bonds. The third-order valence-electron chi connectivity index (χ3n) is 1.91. The number of hydrogen-bond acceptors (Lipinski definition) is 4. The van der Waals surface area contributed by atoms with Crippen LogP contribution < -0.4 is 5.73 Å². The Labute approximate surface area is 84.7 Å². The first-order valence-corrected chi connectivity index (χ1v) is 5.90. The van der Waals surface area contributed by atoms with Gasteiger partial charge in [0.2, 0.25) is 0 Å². The molecule has 2 unspecified atom stereocenters. The third-order valence-corrected chi connectivity index (χ3v) is 3.37. The van der Waals surface area contributed by atoms with Gasteiger partial charge in [0.15, 0.2) is 0 Å². The van der Waals surface area contributed by atoms with Crippen LogP contribution in [0.15, 0.2) is 0 Å². The average molecular weight is 207 g/mol. The summed E-state index contributed by atoms with van der Waals surface area (Å²) < 4.78 is 0. The smallest absolute Gasteiger partial charge is 0.0565 e. The summed E-state index contributed by atoms with van der Waals surface area (Å²) >= 11 is 1.66. The van der Waals surface area contributed by atoms with E-state index in [2.05, 4.69) is 6.92 Å². The molecule has 0 aromatic rings. The number of thioether (sulfide) groups is 1. The number of aliphatic hydroxyl groups is 2. The second kappa shape index (κ2) is 8.81. The van der Waals surface area contributed by atoms with E-state index in [0.29, 0.717) is 0 Å². The highest BCUT2D eigenvalue weighted by Crippen LogP contribution is 2.16. The molecule has 0 saturated heterocycles. The predicted octanol–water partition coefficient (Wildman–Crippen LogP) is 0.590. The quantitative estimate of drug-likeness (QED) is 0.510. The molecule has 0 aromatic heterocycles. The molecule has 0 aliphatic carbocycles. The van der Waals surface area contributed by atoms with Gasteiger partial charge in [-0.2, -0.15) is 11.8 Å². The van der Waals surface area contributed by atoms with Crippen LogP contribution in [0.3, 0.4) is 0 Å². The van der Waals surface area contributed by atoms with Gasteiger partial charge in [-0.1, -0.05) is 13.3 Å². The summed E-state index contributed by atoms with van der Waals surface area (Å²) in [7, 11) is 0. The third kappa shape index (κ3) is 6.32. The SMILES string of the molecule is CCCC(N)C(CO)SCCCO. The highest BCUT2D eigenvalue weighted by molar-refractivity contribution is 7.99. The Morgan fingerprint density at radius 1 is 1.38 bits per heavy atom. The number of rotatable bonds is 8. The van der Waals surface area contributed by atoms with Crippen LogP contribution in [-0.4, -0.2) is 40.5 Å². The zero-order valence-electron chi connectivity index (χ0n) is 8.28. The first-order chi connectivity index (χ1) is 6.26. The minimum atomic E-state index is 0.0821. The van der Waals surface area contributed by atoms with Crippen LogP contribution in [-0.2, 0) is 0 Å². The summed E-state index contributed by atoms with van der Waals surface area (Å²) in [5.74, 6) is 0.874. The fraction of sp³-hybridized carbons (Fsp3) is 1.00. The lowest BCUT2D eigenvalue weighted by atomic mass is 10.1. The van der Waals surface area contributed by atoms with Crippen molar-refractivity contribution in [1.29, 1.82) is 0 Å². The van der Waals surface area contributed by atoms with Crippen molar-refractivity contribution in [1.82, 2.24) is 0 Å². The second-order valence-electron chi connectivity index (χ2n) is 3.12. The highest BCUT2D eigenvalue weighted by atomic mass is 32.2. The molecule has 0 spiro atoms. The van der Waals surface area contributed by atoms with Crippen molar-refractivity contribution in [2.45, 2.75) is 37.5 Å². The summed E-state index contributed by atoms with van der Waals surface area (Å²) in [6.45, 7) is 2.44. The van der Waals surface area contributed by atoms with Crippen LogP contribution in [0.1, 0.15) is 26.2 Å². The van der Waals surface area contributed by atoms with Crippen LogP contribution in [0.25, 0.3) is 0 Å². The van der Waals surface area contributed by atoms with Crippen LogP contribution in [0.2, 0.25) is 0 Å². The van der Waals surface area contributed by atoms with Gasteiger partial charge < -0.3 is 15.9 Å². The minimum Gasteiger partial charge on any atom is -0.396 e. The minimum absolute atomic E-state index is 0.0821. The van der Waals surface area contributed by atoms with Crippen molar-refractivity contribution in [3.05, 3.63) is 0 Å². The summed E-state index contributed by atoms with van der Waals surface area (Å²) in [5.41, 5.74) is 5.88. The zero-order valence-corrected chi connectivity index (χ0v) is 9.09. The molecule has 0 aliphatic rings. The Morgan fingerprint density at radius 3 is 2.54 bits per heavy atom. The lowest BCUT2D eigenvalue weighted by Crippen LogP contribution is -2.35. The molecule has 4 N–H and O–H groups in total. The lowest BCUT2D eigenvalue weighted by Gasteiger charge is -2.20. The van der Waals surface area contributed by atoms with Crippen molar-refractivity contribution in [3.8, 4) is 0 Å². The monoisotopic (exact) mass is 207 g/mol. The second-order valence-corrected chi connectivity index (χ2v) is 4.47. The van der Waals surface area contributed by atoms with Gasteiger partial charge in [-0.15, -0.1) is 0 Å². The van der Waals surface area contributed by atoms with E-state index in [1.165, 1.54) is 0 Å². The van der Waals surface area contributed by atoms with Gasteiger partial charge in [0.1, 0.15) is 0 Å². The van der Waals surface area contributed by atoms with Gasteiger partial charge in [0.25, 0.3) is 0 Å². The Bertz CT molecular complexity index is 114. The van der Waals surface area contributed by atoms with E-state index in [4.69, 9.17) is 15.9 Å². The van der Waals surface area contributed by atoms with Crippen LogP contribution >= 0.6 is 11.8 Å². The predicted molar refractivity (Wildman–Crippen MR) is 57.9 cm³/mol. The molecule has 0 heterocycles. The van der Waals surface area contributed by atoms with E-state index in [9.17, 15) is 0 Å². The van der Waals surface area contributed by atoms with Crippen LogP contribution in [0.5, 0.6) is 0 Å². The topological polar surface area (TPSA) is 66.5 Å². The Kier molecular flexibility index (Phi) is 8.97. The van der Waals surface area contributed by atoms with Gasteiger partial charge in [0, 0.05) is 17.9 Å². The largest absolute Gasteiger partial charge is 0.396 e. The molecule has 80 valence electrons. The molecule has 13 heavy (non-hydrogen) atoms. The maximum atomic E-state index is 9.06. The fourth-order valence-corrected chi connectivity index (χ4v) is 2.22. The van der Waals surface area contributed by atoms with E-state index >= 15 is 0 Å². The molecule has 4 heteroatoms. The summed E-state index contributed by atoms with van der Waals surface area (Å²) in [4.78, 5) is 0. The van der Waals surface area contributed by atoms with Gasteiger partial charge in [-0.3, -0.25) is 0 Å². The number of aliphatic hydroxyl groups excluding tert-OH is 2. The van der Waals surface area contributed by atoms with Crippen LogP contribution in [0.4, 0.5) is 0 Å². The molecule has 0 aliphatic heterocycles. The van der Waals surface area contributed by atoms with Crippen molar-refractivity contribution in [2.24, 2.45) is 5.73 Å². The van der Waals surface area contributed by atoms with Gasteiger partial charge >= 0.3 is 0 Å². The Morgan fingerprint density at radius 2 is 2.08 bits per heavy atom. The standard InChI is InChI=1S/C9H21NO2S/c1-2-4-8(10)9(7-12)13-6-3-5-11/h8-9,11-12H,2-7,10H2,1H3. The fourth-order valence-electron chi connectivity index (χ4n) is 1.13. The Balaban J connectivity index is 3.60. The zero-order chi connectivity index (χ0) is 10.1. The number of nitrogens with two attached hydrogens (primary N) is 1. The molecule has 2 atom stereocenters. The summed E-state index contributed by atoms with van der Waals surface area (Å²) in [6.07, 6.45) is 2.79. The van der Waals surface area contributed by atoms with E-state index in [1.807, 2.05) is 0 Å². The van der Waals surface area contributed by atoms with E-state index in [-0.39, 0.29) is 24.5 Å². The molecule has 0 saturated carbocycles. The van der Waals surface area contributed by atoms with Crippen molar-refractivity contribution >= 4 is 11.8 Å². The average Bonchev–Trinajstić information content (AvgIpc) is 2.13. The van der Waals surface area contributed by atoms with E-state index in [1.54, 1.807) is 11.8 Å². The maximum Gasteiger partial charge on any atom is 0.0565 e. The molecule has 0 aromatic carbocycles. The molecule has 0 radical (unpaired) electrons. The molecule has 0 bridgehead atoms. The van der Waals surface area contributed by atoms with Crippen LogP contribution in [0, 0.1) is 0 Å². The first-order valence-electron chi connectivity index (χ1n) is 4.85. The molecule has 3 nitrogen and oxygen atoms in total. The van der Waals surface area contributed by atoms with Gasteiger partial charge in [0.05, 0.1) is 6.61 Å². The van der Waals surface area contributed by atoms with Gasteiger partial charge in [-0.25, -0.2) is 0 Å². The van der Waals surface area contributed by atoms with Crippen molar-refractivity contribution in [3.63, 3.8) is 0 Å². The van der Waals surface area contributed by atoms with Crippen molar-refractivity contribution < 1.29 is 10.2 Å². The first kappa shape index (κ1) is 13.2. The van der Waals surface area contributed by atoms with Gasteiger partial charge in [-0.05, 0) is 18.6 Å². The number of hydrogen-bond donors (Lipinski definition) is 3. The highest BCUT2D eigenvalue weighted by Gasteiger charge is 2.15. The Hall–Kier alpha value is 0.230. The molecule has 0 fully saturated rings. The van der Waals surface area contributed by atoms with E-state index in [0.717, 1.165) is 25.0 Å². The molecule has 0 rings (SSSR count). The lowest BCUT2D eigenvalue weighted by molar-refractivity contribution is 0.278. The molecular formula is C9H21NO2S. The normalized spacial score (nSPS) is 15.7. The maximum absolute atomic E-state index is 9.06. The summed E-state index contributed by atoms with van der Waals surface area (Å²) in [5, 5.41) is 17.8. The van der Waals surface area contributed by atoms with E-state index < -0.39 is 0 Å². The van der Waals surface area contributed by atoms with Crippen molar-refractivity contribution in [2.75, 3.05) is 19.0 Å². The summed E-state index contributed by atoms with van der Waals surface area (Å²) in [6, 6.07) is 0.0821. The molecular weight excluding hydrogens is 186 g/mol.